The molecule has 0 atom stereocenters. The quantitative estimate of drug-likeness (QED) is 0.729. The van der Waals surface area contributed by atoms with E-state index in [1.54, 1.807) is 6.07 Å². The number of hydrogen-bond acceptors (Lipinski definition) is 2. The summed E-state index contributed by atoms with van der Waals surface area (Å²) in [5.41, 5.74) is 4.18. The molecule has 4 nitrogen and oxygen atoms in total. The Morgan fingerprint density at radius 3 is 2.59 bits per heavy atom. The Balaban J connectivity index is 1.62. The van der Waals surface area contributed by atoms with Gasteiger partial charge in [-0.1, -0.05) is 30.3 Å². The van der Waals surface area contributed by atoms with Crippen LogP contribution in [0.2, 0.25) is 0 Å². The molecular formula is C18H14N2O2. The number of carbonyl (C=O) groups excluding carboxylic acids is 2. The van der Waals surface area contributed by atoms with Crippen molar-refractivity contribution in [2.24, 2.45) is 0 Å². The Bertz CT molecular complexity index is 875. The van der Waals surface area contributed by atoms with E-state index in [1.165, 1.54) is 5.39 Å². The van der Waals surface area contributed by atoms with E-state index in [1.807, 2.05) is 30.3 Å². The zero-order valence-corrected chi connectivity index (χ0v) is 11.8. The molecule has 2 aromatic carbocycles. The summed E-state index contributed by atoms with van der Waals surface area (Å²) in [4.78, 5) is 27.0. The van der Waals surface area contributed by atoms with Crippen molar-refractivity contribution in [3.63, 3.8) is 0 Å². The third-order valence-corrected chi connectivity index (χ3v) is 4.10. The monoisotopic (exact) mass is 290 g/mol. The molecule has 0 unspecified atom stereocenters. The predicted molar refractivity (Wildman–Crippen MR) is 83.9 cm³/mol. The van der Waals surface area contributed by atoms with Crippen LogP contribution in [0.15, 0.2) is 48.5 Å². The summed E-state index contributed by atoms with van der Waals surface area (Å²) in [5.74, 6) is -0.584. The molecular weight excluding hydrogens is 276 g/mol. The average Bonchev–Trinajstić information content (AvgIpc) is 3.07. The first-order valence-corrected chi connectivity index (χ1v) is 7.26. The fourth-order valence-corrected chi connectivity index (χ4v) is 3.04. The summed E-state index contributed by atoms with van der Waals surface area (Å²) in [6, 6.07) is 15.7. The molecule has 1 aliphatic rings. The number of aromatic amines is 1. The number of nitrogens with one attached hydrogen (secondary N) is 2. The smallest absolute Gasteiger partial charge is 0.259 e. The van der Waals surface area contributed by atoms with Crippen LogP contribution >= 0.6 is 0 Å². The second-order valence-corrected chi connectivity index (χ2v) is 5.50. The molecule has 1 aliphatic heterocycles. The van der Waals surface area contributed by atoms with E-state index in [2.05, 4.69) is 22.4 Å². The molecule has 2 amide bonds. The van der Waals surface area contributed by atoms with Crippen molar-refractivity contribution >= 4 is 22.7 Å². The molecule has 0 saturated carbocycles. The zero-order valence-electron chi connectivity index (χ0n) is 11.8. The highest BCUT2D eigenvalue weighted by Gasteiger charge is 2.28. The van der Waals surface area contributed by atoms with Crippen molar-refractivity contribution in [3.05, 3.63) is 70.9 Å². The van der Waals surface area contributed by atoms with Crippen molar-refractivity contribution in [2.75, 3.05) is 0 Å². The van der Waals surface area contributed by atoms with Crippen molar-refractivity contribution in [1.29, 1.82) is 0 Å². The SMILES string of the molecule is O=C1NC(=O)c2c(CCc3cc4ccccc4[nH]3)cccc21. The number of imide groups is 1. The minimum atomic E-state index is -0.299. The molecule has 0 aliphatic carbocycles. The lowest BCUT2D eigenvalue weighted by Gasteiger charge is -2.04. The number of rotatable bonds is 3. The standard InChI is InChI=1S/C18H14N2O2/c21-17-14-6-3-5-11(16(14)18(22)20-17)8-9-13-10-12-4-1-2-7-15(12)19-13/h1-7,10,19H,8-9H2,(H,20,21,22). The first-order chi connectivity index (χ1) is 10.7. The van der Waals surface area contributed by atoms with Gasteiger partial charge in [0.25, 0.3) is 11.8 Å². The van der Waals surface area contributed by atoms with E-state index in [4.69, 9.17) is 0 Å². The largest absolute Gasteiger partial charge is 0.358 e. The number of hydrogen-bond donors (Lipinski definition) is 2. The maximum Gasteiger partial charge on any atom is 0.259 e. The van der Waals surface area contributed by atoms with Gasteiger partial charge in [-0.05, 0) is 42.0 Å². The number of carbonyl (C=O) groups is 2. The van der Waals surface area contributed by atoms with Crippen LogP contribution in [0.25, 0.3) is 10.9 Å². The number of amides is 2. The van der Waals surface area contributed by atoms with Crippen LogP contribution in [0.3, 0.4) is 0 Å². The van der Waals surface area contributed by atoms with Crippen LogP contribution in [-0.2, 0) is 12.8 Å². The Morgan fingerprint density at radius 2 is 1.73 bits per heavy atom. The van der Waals surface area contributed by atoms with Crippen LogP contribution in [-0.4, -0.2) is 16.8 Å². The third kappa shape index (κ3) is 2.00. The maximum absolute atomic E-state index is 11.9. The molecule has 2 N–H and O–H groups in total. The second-order valence-electron chi connectivity index (χ2n) is 5.50. The van der Waals surface area contributed by atoms with Gasteiger partial charge in [0.1, 0.15) is 0 Å². The molecule has 0 radical (unpaired) electrons. The summed E-state index contributed by atoms with van der Waals surface area (Å²) in [7, 11) is 0. The minimum Gasteiger partial charge on any atom is -0.358 e. The maximum atomic E-state index is 11.9. The van der Waals surface area contributed by atoms with Crippen molar-refractivity contribution in [1.82, 2.24) is 10.3 Å². The molecule has 0 fully saturated rings. The molecule has 108 valence electrons. The molecule has 4 rings (SSSR count). The molecule has 0 saturated heterocycles. The summed E-state index contributed by atoms with van der Waals surface area (Å²) < 4.78 is 0. The summed E-state index contributed by atoms with van der Waals surface area (Å²) in [6.45, 7) is 0. The van der Waals surface area contributed by atoms with Crippen LogP contribution in [0.5, 0.6) is 0 Å². The van der Waals surface area contributed by atoms with Crippen molar-refractivity contribution in [3.8, 4) is 0 Å². The van der Waals surface area contributed by atoms with Gasteiger partial charge in [0.15, 0.2) is 0 Å². The first kappa shape index (κ1) is 12.8. The van der Waals surface area contributed by atoms with Gasteiger partial charge in [-0.15, -0.1) is 0 Å². The van der Waals surface area contributed by atoms with E-state index in [0.717, 1.165) is 29.6 Å². The van der Waals surface area contributed by atoms with Gasteiger partial charge in [0.05, 0.1) is 11.1 Å². The highest BCUT2D eigenvalue weighted by atomic mass is 16.2. The lowest BCUT2D eigenvalue weighted by Crippen LogP contribution is -2.20. The van der Waals surface area contributed by atoms with Crippen LogP contribution in [0, 0.1) is 0 Å². The number of H-pyrrole nitrogens is 1. The van der Waals surface area contributed by atoms with Gasteiger partial charge in [0.2, 0.25) is 0 Å². The number of fused-ring (bicyclic) bond motifs is 2. The summed E-state index contributed by atoms with van der Waals surface area (Å²) in [5, 5.41) is 3.54. The molecule has 4 heteroatoms. The Morgan fingerprint density at radius 1 is 0.864 bits per heavy atom. The van der Waals surface area contributed by atoms with Gasteiger partial charge in [0, 0.05) is 11.2 Å². The van der Waals surface area contributed by atoms with E-state index in [9.17, 15) is 9.59 Å². The fourth-order valence-electron chi connectivity index (χ4n) is 3.04. The molecule has 2 heterocycles. The Hall–Kier alpha value is -2.88. The Kier molecular flexibility index (Phi) is 2.82. The average molecular weight is 290 g/mol. The van der Waals surface area contributed by atoms with E-state index in [0.29, 0.717) is 11.1 Å². The van der Waals surface area contributed by atoms with Crippen molar-refractivity contribution < 1.29 is 9.59 Å². The topological polar surface area (TPSA) is 62.0 Å². The van der Waals surface area contributed by atoms with E-state index >= 15 is 0 Å². The number of benzene rings is 2. The van der Waals surface area contributed by atoms with Gasteiger partial charge in [-0.25, -0.2) is 0 Å². The highest BCUT2D eigenvalue weighted by Crippen LogP contribution is 2.22. The summed E-state index contributed by atoms with van der Waals surface area (Å²) >= 11 is 0. The van der Waals surface area contributed by atoms with Gasteiger partial charge in [-0.2, -0.15) is 0 Å². The highest BCUT2D eigenvalue weighted by molar-refractivity contribution is 6.22. The molecule has 0 spiro atoms. The number of para-hydroxylation sites is 1. The normalized spacial score (nSPS) is 13.5. The number of aromatic nitrogens is 1. The summed E-state index contributed by atoms with van der Waals surface area (Å²) in [6.07, 6.45) is 1.52. The lowest BCUT2D eigenvalue weighted by atomic mass is 9.98. The van der Waals surface area contributed by atoms with E-state index in [-0.39, 0.29) is 11.8 Å². The first-order valence-electron chi connectivity index (χ1n) is 7.26. The van der Waals surface area contributed by atoms with Crippen LogP contribution in [0.4, 0.5) is 0 Å². The predicted octanol–water partition coefficient (Wildman–Crippen LogP) is 2.84. The molecule has 1 aromatic heterocycles. The zero-order chi connectivity index (χ0) is 15.1. The molecule has 3 aromatic rings. The van der Waals surface area contributed by atoms with Gasteiger partial charge in [-0.3, -0.25) is 14.9 Å². The van der Waals surface area contributed by atoms with Gasteiger partial charge >= 0.3 is 0 Å². The molecule has 22 heavy (non-hydrogen) atoms. The fraction of sp³-hybridized carbons (Fsp3) is 0.111. The Labute approximate surface area is 127 Å². The van der Waals surface area contributed by atoms with Crippen molar-refractivity contribution in [2.45, 2.75) is 12.8 Å². The van der Waals surface area contributed by atoms with Crippen LogP contribution < -0.4 is 5.32 Å². The second kappa shape index (κ2) is 4.84. The lowest BCUT2D eigenvalue weighted by molar-refractivity contribution is 0.0879. The third-order valence-electron chi connectivity index (χ3n) is 4.10. The van der Waals surface area contributed by atoms with Crippen LogP contribution in [0.1, 0.15) is 32.0 Å². The van der Waals surface area contributed by atoms with Gasteiger partial charge < -0.3 is 4.98 Å². The number of aryl methyl sites for hydroxylation is 2. The van der Waals surface area contributed by atoms with E-state index < -0.39 is 0 Å². The molecule has 0 bridgehead atoms. The minimum absolute atomic E-state index is 0.285.